The van der Waals surface area contributed by atoms with Crippen molar-refractivity contribution in [2.45, 2.75) is 38.1 Å². The van der Waals surface area contributed by atoms with Crippen LogP contribution in [0.4, 0.5) is 0 Å². The van der Waals surface area contributed by atoms with E-state index in [9.17, 15) is 0 Å². The summed E-state index contributed by atoms with van der Waals surface area (Å²) < 4.78 is 5.05. The van der Waals surface area contributed by atoms with Crippen molar-refractivity contribution in [3.05, 3.63) is 0 Å². The Morgan fingerprint density at radius 1 is 1.29 bits per heavy atom. The van der Waals surface area contributed by atoms with E-state index in [1.807, 2.05) is 0 Å². The third-order valence-corrected chi connectivity index (χ3v) is 2.99. The standard InChI is InChI=1S/C11H23NO2/c1-14-10-4-8-12(7-3-9-13)11-5-2-6-11/h11,13H,2-10H2,1H3. The highest BCUT2D eigenvalue weighted by molar-refractivity contribution is 4.79. The summed E-state index contributed by atoms with van der Waals surface area (Å²) in [5, 5.41) is 8.81. The maximum Gasteiger partial charge on any atom is 0.0474 e. The molecule has 0 aromatic heterocycles. The molecule has 0 aliphatic heterocycles. The molecule has 0 atom stereocenters. The number of hydrogen-bond donors (Lipinski definition) is 1. The van der Waals surface area contributed by atoms with Crippen molar-refractivity contribution >= 4 is 0 Å². The minimum absolute atomic E-state index is 0.313. The number of hydrogen-bond acceptors (Lipinski definition) is 3. The molecular formula is C11H23NO2. The molecule has 1 rings (SSSR count). The Kier molecular flexibility index (Phi) is 6.15. The number of aliphatic hydroxyl groups excluding tert-OH is 1. The molecule has 1 aliphatic rings. The van der Waals surface area contributed by atoms with Gasteiger partial charge < -0.3 is 14.7 Å². The van der Waals surface area contributed by atoms with Crippen molar-refractivity contribution in [1.82, 2.24) is 4.90 Å². The Labute approximate surface area is 87.1 Å². The largest absolute Gasteiger partial charge is 0.396 e. The normalized spacial score (nSPS) is 17.4. The molecule has 3 nitrogen and oxygen atoms in total. The summed E-state index contributed by atoms with van der Waals surface area (Å²) in [6, 6.07) is 0.790. The van der Waals surface area contributed by atoms with Crippen molar-refractivity contribution in [3.8, 4) is 0 Å². The first-order valence-electron chi connectivity index (χ1n) is 5.72. The molecule has 1 N–H and O–H groups in total. The predicted molar refractivity (Wildman–Crippen MR) is 57.4 cm³/mol. The van der Waals surface area contributed by atoms with Crippen LogP contribution in [0.25, 0.3) is 0 Å². The minimum Gasteiger partial charge on any atom is -0.396 e. The molecule has 0 bridgehead atoms. The first-order valence-corrected chi connectivity index (χ1v) is 5.72. The second kappa shape index (κ2) is 7.21. The van der Waals surface area contributed by atoms with Crippen molar-refractivity contribution in [2.24, 2.45) is 0 Å². The quantitative estimate of drug-likeness (QED) is 0.600. The van der Waals surface area contributed by atoms with Crippen LogP contribution in [0.2, 0.25) is 0 Å². The van der Waals surface area contributed by atoms with Gasteiger partial charge in [-0.15, -0.1) is 0 Å². The first kappa shape index (κ1) is 12.0. The molecule has 1 aliphatic carbocycles. The molecule has 0 saturated heterocycles. The molecule has 1 saturated carbocycles. The van der Waals surface area contributed by atoms with E-state index >= 15 is 0 Å². The molecule has 1 fully saturated rings. The van der Waals surface area contributed by atoms with Crippen LogP contribution in [0.15, 0.2) is 0 Å². The van der Waals surface area contributed by atoms with E-state index in [0.29, 0.717) is 6.61 Å². The SMILES string of the molecule is COCCCN(CCCO)C1CCC1. The topological polar surface area (TPSA) is 32.7 Å². The van der Waals surface area contributed by atoms with Gasteiger partial charge in [-0.1, -0.05) is 6.42 Å². The van der Waals surface area contributed by atoms with Gasteiger partial charge in [0, 0.05) is 39.5 Å². The van der Waals surface area contributed by atoms with Crippen LogP contribution in [0.3, 0.4) is 0 Å². The third kappa shape index (κ3) is 3.95. The molecule has 0 radical (unpaired) electrons. The van der Waals surface area contributed by atoms with Gasteiger partial charge in [-0.3, -0.25) is 0 Å². The van der Waals surface area contributed by atoms with Crippen molar-refractivity contribution < 1.29 is 9.84 Å². The molecule has 0 unspecified atom stereocenters. The Balaban J connectivity index is 2.14. The smallest absolute Gasteiger partial charge is 0.0474 e. The van der Waals surface area contributed by atoms with Crippen LogP contribution in [-0.2, 0) is 4.74 Å². The van der Waals surface area contributed by atoms with Gasteiger partial charge in [0.1, 0.15) is 0 Å². The molecule has 14 heavy (non-hydrogen) atoms. The number of nitrogens with zero attached hydrogens (tertiary/aromatic N) is 1. The zero-order chi connectivity index (χ0) is 10.2. The van der Waals surface area contributed by atoms with Gasteiger partial charge in [0.25, 0.3) is 0 Å². The lowest BCUT2D eigenvalue weighted by atomic mass is 9.91. The highest BCUT2D eigenvalue weighted by atomic mass is 16.5. The van der Waals surface area contributed by atoms with E-state index < -0.39 is 0 Å². The van der Waals surface area contributed by atoms with Crippen LogP contribution in [-0.4, -0.2) is 49.5 Å². The summed E-state index contributed by atoms with van der Waals surface area (Å²) in [6.45, 7) is 3.33. The van der Waals surface area contributed by atoms with Crippen LogP contribution in [0.1, 0.15) is 32.1 Å². The maximum absolute atomic E-state index is 8.81. The summed E-state index contributed by atoms with van der Waals surface area (Å²) in [5.41, 5.74) is 0. The lowest BCUT2D eigenvalue weighted by Crippen LogP contribution is -2.41. The summed E-state index contributed by atoms with van der Waals surface area (Å²) in [5.74, 6) is 0. The van der Waals surface area contributed by atoms with Gasteiger partial charge >= 0.3 is 0 Å². The van der Waals surface area contributed by atoms with Gasteiger partial charge in [0.15, 0.2) is 0 Å². The average molecular weight is 201 g/mol. The summed E-state index contributed by atoms with van der Waals surface area (Å²) in [7, 11) is 1.75. The first-order chi connectivity index (χ1) is 6.88. The Bertz CT molecular complexity index is 137. The number of aliphatic hydroxyl groups is 1. The van der Waals surface area contributed by atoms with E-state index in [0.717, 1.165) is 38.6 Å². The van der Waals surface area contributed by atoms with Gasteiger partial charge in [-0.2, -0.15) is 0 Å². The van der Waals surface area contributed by atoms with Gasteiger partial charge in [0.2, 0.25) is 0 Å². The number of rotatable bonds is 8. The van der Waals surface area contributed by atoms with Crippen LogP contribution in [0, 0.1) is 0 Å². The van der Waals surface area contributed by atoms with Gasteiger partial charge in [-0.25, -0.2) is 0 Å². The fourth-order valence-corrected chi connectivity index (χ4v) is 1.91. The summed E-state index contributed by atoms with van der Waals surface area (Å²) in [4.78, 5) is 2.51. The van der Waals surface area contributed by atoms with E-state index in [1.165, 1.54) is 19.3 Å². The van der Waals surface area contributed by atoms with E-state index in [2.05, 4.69) is 4.90 Å². The van der Waals surface area contributed by atoms with Gasteiger partial charge in [-0.05, 0) is 25.7 Å². The molecular weight excluding hydrogens is 178 g/mol. The van der Waals surface area contributed by atoms with Crippen LogP contribution >= 0.6 is 0 Å². The second-order valence-electron chi connectivity index (χ2n) is 4.04. The summed E-state index contributed by atoms with van der Waals surface area (Å²) >= 11 is 0. The van der Waals surface area contributed by atoms with E-state index in [1.54, 1.807) is 7.11 Å². The lowest BCUT2D eigenvalue weighted by molar-refractivity contribution is 0.100. The summed E-state index contributed by atoms with van der Waals surface area (Å²) in [6.07, 6.45) is 6.09. The number of ether oxygens (including phenoxy) is 1. The molecule has 0 spiro atoms. The number of methoxy groups -OCH3 is 1. The second-order valence-corrected chi connectivity index (χ2v) is 4.04. The Hall–Kier alpha value is -0.120. The minimum atomic E-state index is 0.313. The maximum atomic E-state index is 8.81. The zero-order valence-electron chi connectivity index (χ0n) is 9.24. The Morgan fingerprint density at radius 2 is 2.00 bits per heavy atom. The molecule has 0 aromatic rings. The highest BCUT2D eigenvalue weighted by Crippen LogP contribution is 2.24. The Morgan fingerprint density at radius 3 is 2.50 bits per heavy atom. The average Bonchev–Trinajstić information content (AvgIpc) is 2.11. The highest BCUT2D eigenvalue weighted by Gasteiger charge is 2.23. The fourth-order valence-electron chi connectivity index (χ4n) is 1.91. The van der Waals surface area contributed by atoms with Crippen LogP contribution < -0.4 is 0 Å². The van der Waals surface area contributed by atoms with Crippen molar-refractivity contribution in [1.29, 1.82) is 0 Å². The monoisotopic (exact) mass is 201 g/mol. The molecule has 0 aromatic carbocycles. The molecule has 84 valence electrons. The zero-order valence-corrected chi connectivity index (χ0v) is 9.24. The fraction of sp³-hybridized carbons (Fsp3) is 1.00. The van der Waals surface area contributed by atoms with Crippen molar-refractivity contribution in [2.75, 3.05) is 33.4 Å². The predicted octanol–water partition coefficient (Wildman–Crippen LogP) is 1.26. The molecule has 3 heteroatoms. The molecule has 0 heterocycles. The van der Waals surface area contributed by atoms with E-state index in [4.69, 9.17) is 9.84 Å². The van der Waals surface area contributed by atoms with Crippen LogP contribution in [0.5, 0.6) is 0 Å². The molecule has 0 amide bonds. The van der Waals surface area contributed by atoms with Gasteiger partial charge in [0.05, 0.1) is 0 Å². The third-order valence-electron chi connectivity index (χ3n) is 2.99. The lowest BCUT2D eigenvalue weighted by Gasteiger charge is -2.37. The van der Waals surface area contributed by atoms with Crippen molar-refractivity contribution in [3.63, 3.8) is 0 Å². The van der Waals surface area contributed by atoms with E-state index in [-0.39, 0.29) is 0 Å².